The molecule has 0 radical (unpaired) electrons. The van der Waals surface area contributed by atoms with Gasteiger partial charge in [0.05, 0.1) is 23.2 Å². The van der Waals surface area contributed by atoms with Crippen LogP contribution in [0, 0.1) is 0 Å². The standard InChI is InChI=1S/C21H21N5O2S/c1-2-12-22-18(27)14-29-21-24-23-20-25(13-15-8-4-3-5-9-15)19(28)16-10-6-7-11-17(16)26(20)21/h3-11H,2,12-14H2,1H3,(H,22,27). The fraction of sp³-hybridized carbons (Fsp3) is 0.238. The molecule has 0 bridgehead atoms. The molecule has 1 amide bonds. The average molecular weight is 407 g/mol. The van der Waals surface area contributed by atoms with Crippen molar-refractivity contribution >= 4 is 34.3 Å². The zero-order chi connectivity index (χ0) is 20.2. The van der Waals surface area contributed by atoms with Crippen LogP contribution in [0.25, 0.3) is 16.7 Å². The first-order chi connectivity index (χ1) is 14.2. The van der Waals surface area contributed by atoms with Gasteiger partial charge in [0.15, 0.2) is 5.16 Å². The van der Waals surface area contributed by atoms with Crippen molar-refractivity contribution in [2.75, 3.05) is 12.3 Å². The fourth-order valence-corrected chi connectivity index (χ4v) is 3.95. The summed E-state index contributed by atoms with van der Waals surface area (Å²) in [6, 6.07) is 17.2. The molecule has 0 saturated heterocycles. The minimum atomic E-state index is -0.110. The average Bonchev–Trinajstić information content (AvgIpc) is 3.18. The number of hydrogen-bond acceptors (Lipinski definition) is 5. The smallest absolute Gasteiger partial charge is 0.263 e. The van der Waals surface area contributed by atoms with E-state index in [0.717, 1.165) is 17.5 Å². The zero-order valence-electron chi connectivity index (χ0n) is 16.0. The quantitative estimate of drug-likeness (QED) is 0.477. The Hall–Kier alpha value is -3.13. The van der Waals surface area contributed by atoms with E-state index >= 15 is 0 Å². The maximum Gasteiger partial charge on any atom is 0.263 e. The van der Waals surface area contributed by atoms with Gasteiger partial charge in [-0.3, -0.25) is 18.6 Å². The Balaban J connectivity index is 1.80. The second-order valence-electron chi connectivity index (χ2n) is 6.65. The van der Waals surface area contributed by atoms with E-state index in [1.54, 1.807) is 10.6 Å². The molecular formula is C21H21N5O2S. The number of nitrogens with one attached hydrogen (secondary N) is 1. The van der Waals surface area contributed by atoms with Crippen LogP contribution < -0.4 is 10.9 Å². The number of rotatable bonds is 7. The van der Waals surface area contributed by atoms with Crippen molar-refractivity contribution in [3.8, 4) is 0 Å². The number of nitrogens with zero attached hydrogens (tertiary/aromatic N) is 4. The number of carbonyl (C=O) groups is 1. The number of fused-ring (bicyclic) bond motifs is 3. The highest BCUT2D eigenvalue weighted by Gasteiger charge is 2.17. The molecule has 0 aliphatic rings. The Kier molecular flexibility index (Phi) is 5.62. The van der Waals surface area contributed by atoms with Crippen molar-refractivity contribution in [3.05, 3.63) is 70.5 Å². The molecule has 29 heavy (non-hydrogen) atoms. The highest BCUT2D eigenvalue weighted by atomic mass is 32.2. The summed E-state index contributed by atoms with van der Waals surface area (Å²) in [5.74, 6) is 0.664. The molecule has 0 spiro atoms. The molecule has 8 heteroatoms. The summed E-state index contributed by atoms with van der Waals surface area (Å²) < 4.78 is 3.49. The molecule has 0 unspecified atom stereocenters. The van der Waals surface area contributed by atoms with E-state index in [4.69, 9.17) is 0 Å². The van der Waals surface area contributed by atoms with E-state index in [-0.39, 0.29) is 17.2 Å². The topological polar surface area (TPSA) is 81.3 Å². The molecule has 7 nitrogen and oxygen atoms in total. The largest absolute Gasteiger partial charge is 0.355 e. The van der Waals surface area contributed by atoms with Gasteiger partial charge in [0.25, 0.3) is 5.56 Å². The molecule has 0 atom stereocenters. The van der Waals surface area contributed by atoms with Crippen molar-refractivity contribution < 1.29 is 4.79 Å². The van der Waals surface area contributed by atoms with Gasteiger partial charge < -0.3 is 5.32 Å². The van der Waals surface area contributed by atoms with Gasteiger partial charge in [0, 0.05) is 6.54 Å². The van der Waals surface area contributed by atoms with Crippen LogP contribution >= 0.6 is 11.8 Å². The number of aromatic nitrogens is 4. The van der Waals surface area contributed by atoms with Crippen molar-refractivity contribution in [3.63, 3.8) is 0 Å². The lowest BCUT2D eigenvalue weighted by Crippen LogP contribution is -2.26. The van der Waals surface area contributed by atoms with Gasteiger partial charge in [-0.2, -0.15) is 0 Å². The Morgan fingerprint density at radius 2 is 1.83 bits per heavy atom. The first-order valence-electron chi connectivity index (χ1n) is 9.49. The van der Waals surface area contributed by atoms with Crippen LogP contribution in [0.3, 0.4) is 0 Å². The summed E-state index contributed by atoms with van der Waals surface area (Å²) in [5, 5.41) is 12.6. The van der Waals surface area contributed by atoms with Crippen LogP contribution in [0.4, 0.5) is 0 Å². The minimum absolute atomic E-state index is 0.0458. The monoisotopic (exact) mass is 407 g/mol. The predicted octanol–water partition coefficient (Wildman–Crippen LogP) is 2.71. The molecular weight excluding hydrogens is 386 g/mol. The number of hydrogen-bond donors (Lipinski definition) is 1. The van der Waals surface area contributed by atoms with E-state index in [9.17, 15) is 9.59 Å². The van der Waals surface area contributed by atoms with Crippen molar-refractivity contribution in [1.82, 2.24) is 24.5 Å². The lowest BCUT2D eigenvalue weighted by molar-refractivity contribution is -0.118. The van der Waals surface area contributed by atoms with E-state index < -0.39 is 0 Å². The molecule has 1 N–H and O–H groups in total. The van der Waals surface area contributed by atoms with E-state index in [0.29, 0.717) is 29.4 Å². The van der Waals surface area contributed by atoms with Gasteiger partial charge in [-0.25, -0.2) is 0 Å². The Labute approximate surface area is 171 Å². The van der Waals surface area contributed by atoms with E-state index in [2.05, 4.69) is 15.5 Å². The third-order valence-corrected chi connectivity index (χ3v) is 5.50. The SMILES string of the molecule is CCCNC(=O)CSc1nnc2n(Cc3ccccc3)c(=O)c3ccccc3n12. The molecule has 4 rings (SSSR count). The zero-order valence-corrected chi connectivity index (χ0v) is 16.9. The van der Waals surface area contributed by atoms with Gasteiger partial charge >= 0.3 is 0 Å². The highest BCUT2D eigenvalue weighted by Crippen LogP contribution is 2.21. The first-order valence-corrected chi connectivity index (χ1v) is 10.5. The van der Waals surface area contributed by atoms with Gasteiger partial charge in [0.2, 0.25) is 11.7 Å². The number of benzene rings is 2. The third kappa shape index (κ3) is 3.88. The second-order valence-corrected chi connectivity index (χ2v) is 7.59. The van der Waals surface area contributed by atoms with Crippen LogP contribution in [0.5, 0.6) is 0 Å². The number of carbonyl (C=O) groups excluding carboxylic acids is 1. The maximum atomic E-state index is 13.2. The van der Waals surface area contributed by atoms with Gasteiger partial charge in [-0.15, -0.1) is 10.2 Å². The molecule has 148 valence electrons. The van der Waals surface area contributed by atoms with Gasteiger partial charge in [0.1, 0.15) is 0 Å². The van der Waals surface area contributed by atoms with E-state index in [1.807, 2.05) is 59.9 Å². The number of amides is 1. The Morgan fingerprint density at radius 3 is 2.62 bits per heavy atom. The van der Waals surface area contributed by atoms with Crippen LogP contribution in [-0.2, 0) is 11.3 Å². The number of para-hydroxylation sites is 1. The van der Waals surface area contributed by atoms with Crippen molar-refractivity contribution in [2.45, 2.75) is 25.0 Å². The fourth-order valence-electron chi connectivity index (χ4n) is 3.18. The highest BCUT2D eigenvalue weighted by molar-refractivity contribution is 7.99. The predicted molar refractivity (Wildman–Crippen MR) is 114 cm³/mol. The van der Waals surface area contributed by atoms with E-state index in [1.165, 1.54) is 11.8 Å². The van der Waals surface area contributed by atoms with Crippen LogP contribution in [0.15, 0.2) is 64.5 Å². The van der Waals surface area contributed by atoms with Crippen LogP contribution in [0.1, 0.15) is 18.9 Å². The molecule has 4 aromatic rings. The summed E-state index contributed by atoms with van der Waals surface area (Å²) >= 11 is 1.31. The lowest BCUT2D eigenvalue weighted by atomic mass is 10.2. The van der Waals surface area contributed by atoms with Crippen molar-refractivity contribution in [2.24, 2.45) is 0 Å². The summed E-state index contributed by atoms with van der Waals surface area (Å²) in [6.45, 7) is 3.06. The molecule has 2 aromatic heterocycles. The molecule has 0 aliphatic carbocycles. The summed E-state index contributed by atoms with van der Waals surface area (Å²) in [7, 11) is 0. The first kappa shape index (κ1) is 19.2. The van der Waals surface area contributed by atoms with Crippen LogP contribution in [-0.4, -0.2) is 37.4 Å². The number of thioether (sulfide) groups is 1. The Morgan fingerprint density at radius 1 is 1.07 bits per heavy atom. The molecule has 0 saturated carbocycles. The summed E-state index contributed by atoms with van der Waals surface area (Å²) in [6.07, 6.45) is 0.890. The molecule has 0 aliphatic heterocycles. The third-order valence-electron chi connectivity index (χ3n) is 4.57. The van der Waals surface area contributed by atoms with Crippen LogP contribution in [0.2, 0.25) is 0 Å². The van der Waals surface area contributed by atoms with Gasteiger partial charge in [-0.05, 0) is 24.1 Å². The van der Waals surface area contributed by atoms with Gasteiger partial charge in [-0.1, -0.05) is 61.2 Å². The molecule has 0 fully saturated rings. The Bertz CT molecular complexity index is 1220. The lowest BCUT2D eigenvalue weighted by Gasteiger charge is -2.11. The maximum absolute atomic E-state index is 13.2. The molecule has 2 heterocycles. The minimum Gasteiger partial charge on any atom is -0.355 e. The van der Waals surface area contributed by atoms with Crippen molar-refractivity contribution in [1.29, 1.82) is 0 Å². The summed E-state index contributed by atoms with van der Waals surface area (Å²) in [4.78, 5) is 25.2. The molecule has 2 aromatic carbocycles. The summed E-state index contributed by atoms with van der Waals surface area (Å²) in [5.41, 5.74) is 1.63. The normalized spacial score (nSPS) is 11.2. The second kappa shape index (κ2) is 8.48.